The Morgan fingerprint density at radius 1 is 1.13 bits per heavy atom. The number of aryl methyl sites for hydroxylation is 1. The second-order valence-electron chi connectivity index (χ2n) is 7.91. The van der Waals surface area contributed by atoms with Gasteiger partial charge in [0.1, 0.15) is 11.4 Å². The summed E-state index contributed by atoms with van der Waals surface area (Å²) in [6, 6.07) is 6.18. The molecule has 0 bridgehead atoms. The number of nitrogens with one attached hydrogen (secondary N) is 1. The van der Waals surface area contributed by atoms with E-state index in [9.17, 15) is 26.7 Å². The van der Waals surface area contributed by atoms with Gasteiger partial charge in [-0.1, -0.05) is 26.8 Å². The number of carbonyl (C=O) groups excluding carboxylic acids is 1. The molecule has 11 heteroatoms. The van der Waals surface area contributed by atoms with Crippen LogP contribution in [0.15, 0.2) is 30.3 Å². The van der Waals surface area contributed by atoms with Crippen LogP contribution in [0.5, 0.6) is 5.75 Å². The maximum absolute atomic E-state index is 13.6. The molecule has 166 valence electrons. The third-order valence-electron chi connectivity index (χ3n) is 4.32. The molecule has 0 radical (unpaired) electrons. The topological polar surface area (TPSA) is 68.5 Å². The van der Waals surface area contributed by atoms with Crippen molar-refractivity contribution in [3.05, 3.63) is 53.0 Å². The number of fused-ring (bicyclic) bond motifs is 1. The van der Waals surface area contributed by atoms with Crippen molar-refractivity contribution in [1.29, 1.82) is 0 Å². The van der Waals surface area contributed by atoms with Crippen molar-refractivity contribution in [3.63, 3.8) is 0 Å². The molecule has 3 aromatic rings. The van der Waals surface area contributed by atoms with Crippen LogP contribution >= 0.6 is 0 Å². The van der Waals surface area contributed by atoms with E-state index in [1.807, 2.05) is 0 Å². The molecule has 0 saturated carbocycles. The summed E-state index contributed by atoms with van der Waals surface area (Å²) in [4.78, 5) is 16.8. The minimum Gasteiger partial charge on any atom is -0.433 e. The Balaban J connectivity index is 2.03. The molecular formula is C20H19F5N4O2. The predicted octanol–water partition coefficient (Wildman–Crippen LogP) is 5.21. The van der Waals surface area contributed by atoms with Gasteiger partial charge >= 0.3 is 12.8 Å². The molecule has 0 saturated heterocycles. The Hall–Kier alpha value is -3.24. The number of hydrogen-bond donors (Lipinski definition) is 1. The zero-order valence-electron chi connectivity index (χ0n) is 17.0. The Bertz CT molecular complexity index is 1130. The lowest BCUT2D eigenvalue weighted by Gasteiger charge is -2.19. The average molecular weight is 442 g/mol. The number of aromatic nitrogens is 3. The zero-order chi connectivity index (χ0) is 23.1. The molecule has 2 heterocycles. The molecule has 1 aromatic carbocycles. The molecule has 31 heavy (non-hydrogen) atoms. The molecule has 1 N–H and O–H groups in total. The van der Waals surface area contributed by atoms with Gasteiger partial charge < -0.3 is 10.1 Å². The fourth-order valence-electron chi connectivity index (χ4n) is 2.78. The molecule has 2 aromatic heterocycles. The van der Waals surface area contributed by atoms with Crippen molar-refractivity contribution in [3.8, 4) is 5.75 Å². The Morgan fingerprint density at radius 2 is 1.81 bits per heavy atom. The third-order valence-corrected chi connectivity index (χ3v) is 4.32. The minimum absolute atomic E-state index is 0.0765. The molecule has 0 fully saturated rings. The monoisotopic (exact) mass is 442 g/mol. The first-order chi connectivity index (χ1) is 14.3. The van der Waals surface area contributed by atoms with Gasteiger partial charge in [-0.3, -0.25) is 4.79 Å². The molecule has 0 unspecified atom stereocenters. The molecule has 0 aliphatic heterocycles. The van der Waals surface area contributed by atoms with Gasteiger partial charge in [-0.25, -0.2) is 9.50 Å². The summed E-state index contributed by atoms with van der Waals surface area (Å²) in [6.07, 6.45) is -4.74. The number of hydrogen-bond acceptors (Lipinski definition) is 4. The van der Waals surface area contributed by atoms with E-state index < -0.39 is 29.8 Å². The molecule has 0 atom stereocenters. The van der Waals surface area contributed by atoms with Crippen LogP contribution in [-0.4, -0.2) is 27.1 Å². The van der Waals surface area contributed by atoms with E-state index in [1.165, 1.54) is 12.1 Å². The lowest BCUT2D eigenvalue weighted by Crippen LogP contribution is -2.20. The van der Waals surface area contributed by atoms with Crippen LogP contribution in [0.3, 0.4) is 0 Å². The summed E-state index contributed by atoms with van der Waals surface area (Å²) in [5.41, 5.74) is -1.60. The largest absolute Gasteiger partial charge is 0.433 e. The zero-order valence-corrected chi connectivity index (χ0v) is 17.0. The Labute approximate surface area is 174 Å². The molecule has 0 aliphatic rings. The van der Waals surface area contributed by atoms with E-state index in [1.54, 1.807) is 33.8 Å². The number of alkyl halides is 5. The van der Waals surface area contributed by atoms with Gasteiger partial charge in [0.2, 0.25) is 0 Å². The molecule has 6 nitrogen and oxygen atoms in total. The predicted molar refractivity (Wildman–Crippen MR) is 102 cm³/mol. The highest BCUT2D eigenvalue weighted by Crippen LogP contribution is 2.33. The van der Waals surface area contributed by atoms with Crippen LogP contribution < -0.4 is 10.1 Å². The van der Waals surface area contributed by atoms with Gasteiger partial charge in [0.15, 0.2) is 11.3 Å². The smallest absolute Gasteiger partial charge is 0.433 e. The van der Waals surface area contributed by atoms with Crippen molar-refractivity contribution in [2.24, 2.45) is 0 Å². The molecular weight excluding hydrogens is 423 g/mol. The second kappa shape index (κ2) is 7.78. The van der Waals surface area contributed by atoms with Gasteiger partial charge in [0.05, 0.1) is 11.4 Å². The van der Waals surface area contributed by atoms with Crippen molar-refractivity contribution in [2.75, 3.05) is 5.32 Å². The third kappa shape index (κ3) is 4.92. The maximum Gasteiger partial charge on any atom is 0.433 e. The summed E-state index contributed by atoms with van der Waals surface area (Å²) >= 11 is 0. The van der Waals surface area contributed by atoms with Crippen molar-refractivity contribution >= 4 is 17.2 Å². The second-order valence-corrected chi connectivity index (χ2v) is 7.91. The minimum atomic E-state index is -4.74. The van der Waals surface area contributed by atoms with Crippen LogP contribution in [0, 0.1) is 6.92 Å². The highest BCUT2D eigenvalue weighted by atomic mass is 19.4. The van der Waals surface area contributed by atoms with Gasteiger partial charge in [0.25, 0.3) is 5.91 Å². The highest BCUT2D eigenvalue weighted by Gasteiger charge is 2.36. The SMILES string of the molecule is Cc1ccc(NC(=O)c2cc3nc(C(C)(C)C)cc(C(F)(F)F)n3n2)c(OC(F)F)c1. The van der Waals surface area contributed by atoms with Gasteiger partial charge in [-0.2, -0.15) is 27.1 Å². The number of halogens is 5. The molecule has 3 rings (SSSR count). The Kier molecular flexibility index (Phi) is 5.64. The van der Waals surface area contributed by atoms with Crippen LogP contribution in [0.4, 0.5) is 27.6 Å². The first kappa shape index (κ1) is 22.4. The van der Waals surface area contributed by atoms with E-state index in [-0.39, 0.29) is 28.5 Å². The van der Waals surface area contributed by atoms with Crippen LogP contribution in [-0.2, 0) is 11.6 Å². The quantitative estimate of drug-likeness (QED) is 0.564. The van der Waals surface area contributed by atoms with E-state index in [0.29, 0.717) is 10.1 Å². The van der Waals surface area contributed by atoms with Gasteiger partial charge in [-0.05, 0) is 30.7 Å². The molecule has 0 aliphatic carbocycles. The summed E-state index contributed by atoms with van der Waals surface area (Å²) < 4.78 is 71.0. The fraction of sp³-hybridized carbons (Fsp3) is 0.350. The van der Waals surface area contributed by atoms with Crippen molar-refractivity contribution < 1.29 is 31.5 Å². The first-order valence-corrected chi connectivity index (χ1v) is 9.11. The molecule has 0 spiro atoms. The van der Waals surface area contributed by atoms with Crippen LogP contribution in [0.25, 0.3) is 5.65 Å². The van der Waals surface area contributed by atoms with E-state index in [2.05, 4.69) is 20.1 Å². The highest BCUT2D eigenvalue weighted by molar-refractivity contribution is 6.04. The average Bonchev–Trinajstić information content (AvgIpc) is 3.05. The Morgan fingerprint density at radius 3 is 2.39 bits per heavy atom. The van der Waals surface area contributed by atoms with Crippen molar-refractivity contribution in [1.82, 2.24) is 14.6 Å². The van der Waals surface area contributed by atoms with Gasteiger partial charge in [0, 0.05) is 11.5 Å². The lowest BCUT2D eigenvalue weighted by molar-refractivity contribution is -0.142. The van der Waals surface area contributed by atoms with Crippen LogP contribution in [0.2, 0.25) is 0 Å². The number of benzene rings is 1. The van der Waals surface area contributed by atoms with Crippen molar-refractivity contribution in [2.45, 2.75) is 45.9 Å². The number of carbonyl (C=O) groups is 1. The number of anilines is 1. The number of amides is 1. The van der Waals surface area contributed by atoms with Crippen LogP contribution in [0.1, 0.15) is 48.2 Å². The van der Waals surface area contributed by atoms with Gasteiger partial charge in [-0.15, -0.1) is 0 Å². The summed E-state index contributed by atoms with van der Waals surface area (Å²) in [5.74, 6) is -1.19. The number of ether oxygens (including phenoxy) is 1. The lowest BCUT2D eigenvalue weighted by atomic mass is 9.91. The number of rotatable bonds is 4. The first-order valence-electron chi connectivity index (χ1n) is 9.11. The summed E-state index contributed by atoms with van der Waals surface area (Å²) in [5, 5.41) is 6.08. The van der Waals surface area contributed by atoms with E-state index in [0.717, 1.165) is 12.1 Å². The standard InChI is InChI=1S/C20H19F5N4O2/c1-10-5-6-11(13(7-10)31-18(21)22)26-17(30)12-8-16-27-14(19(2,3)4)9-15(20(23,24)25)29(16)28-12/h5-9,18H,1-4H3,(H,26,30). The van der Waals surface area contributed by atoms with E-state index in [4.69, 9.17) is 0 Å². The normalized spacial score (nSPS) is 12.5. The molecule has 1 amide bonds. The summed E-state index contributed by atoms with van der Waals surface area (Å²) in [6.45, 7) is 3.64. The fourth-order valence-corrected chi connectivity index (χ4v) is 2.78. The maximum atomic E-state index is 13.6. The number of nitrogens with zero attached hydrogens (tertiary/aromatic N) is 3. The summed E-state index contributed by atoms with van der Waals surface area (Å²) in [7, 11) is 0. The van der Waals surface area contributed by atoms with E-state index >= 15 is 0 Å².